The highest BCUT2D eigenvalue weighted by Crippen LogP contribution is 2.32. The zero-order valence-electron chi connectivity index (χ0n) is 17.4. The van der Waals surface area contributed by atoms with E-state index in [0.29, 0.717) is 21.3 Å². The number of benzene rings is 3. The predicted octanol–water partition coefficient (Wildman–Crippen LogP) is 5.58. The molecule has 3 aromatic rings. The molecular weight excluding hydrogens is 540 g/mol. The van der Waals surface area contributed by atoms with Gasteiger partial charge in [-0.25, -0.2) is 10.2 Å². The Bertz CT molecular complexity index is 1140. The lowest BCUT2D eigenvalue weighted by molar-refractivity contribution is -0.123. The van der Waals surface area contributed by atoms with Crippen molar-refractivity contribution in [3.63, 3.8) is 0 Å². The molecule has 1 amide bonds. The first-order chi connectivity index (χ1) is 15.3. The topological polar surface area (TPSA) is 77.0 Å². The van der Waals surface area contributed by atoms with Crippen LogP contribution in [0.4, 0.5) is 0 Å². The third kappa shape index (κ3) is 6.27. The van der Waals surface area contributed by atoms with E-state index in [2.05, 4.69) is 42.4 Å². The van der Waals surface area contributed by atoms with Gasteiger partial charge >= 0.3 is 5.97 Å². The normalized spacial score (nSPS) is 10.8. The Morgan fingerprint density at radius 3 is 2.34 bits per heavy atom. The molecule has 0 spiro atoms. The minimum atomic E-state index is -0.505. The number of para-hydroxylation sites is 1. The minimum Gasteiger partial charge on any atom is -0.483 e. The van der Waals surface area contributed by atoms with Crippen molar-refractivity contribution in [2.45, 2.75) is 13.8 Å². The van der Waals surface area contributed by atoms with E-state index in [1.807, 2.05) is 38.1 Å². The molecule has 0 aliphatic heterocycles. The molecule has 8 heteroatoms. The monoisotopic (exact) mass is 558 g/mol. The minimum absolute atomic E-state index is 0.180. The van der Waals surface area contributed by atoms with Crippen molar-refractivity contribution in [3.05, 3.63) is 91.9 Å². The summed E-state index contributed by atoms with van der Waals surface area (Å²) in [6, 6.07) is 17.9. The van der Waals surface area contributed by atoms with Crippen molar-refractivity contribution >= 4 is 50.0 Å². The number of esters is 1. The van der Waals surface area contributed by atoms with Crippen LogP contribution in [-0.2, 0) is 4.79 Å². The van der Waals surface area contributed by atoms with Crippen LogP contribution in [0.1, 0.15) is 27.0 Å². The molecule has 0 aliphatic rings. The number of aryl methyl sites for hydroxylation is 2. The molecule has 0 unspecified atom stereocenters. The first-order valence-electron chi connectivity index (χ1n) is 9.62. The lowest BCUT2D eigenvalue weighted by Gasteiger charge is -2.11. The number of hydrogen-bond acceptors (Lipinski definition) is 5. The second kappa shape index (κ2) is 11.1. The van der Waals surface area contributed by atoms with Gasteiger partial charge in [0.05, 0.1) is 16.3 Å². The molecule has 0 saturated heterocycles. The number of carbonyl (C=O) groups is 2. The summed E-state index contributed by atoms with van der Waals surface area (Å²) in [5.41, 5.74) is 5.24. The number of ether oxygens (including phenoxy) is 2. The molecule has 32 heavy (non-hydrogen) atoms. The number of nitrogens with zero attached hydrogens (tertiary/aromatic N) is 1. The van der Waals surface area contributed by atoms with Crippen LogP contribution in [0.3, 0.4) is 0 Å². The molecule has 6 nitrogen and oxygen atoms in total. The van der Waals surface area contributed by atoms with Gasteiger partial charge in [-0.3, -0.25) is 4.79 Å². The summed E-state index contributed by atoms with van der Waals surface area (Å²) >= 11 is 6.81. The fourth-order valence-electron chi connectivity index (χ4n) is 2.88. The van der Waals surface area contributed by atoms with E-state index in [1.54, 1.807) is 36.4 Å². The second-order valence-electron chi connectivity index (χ2n) is 6.86. The number of halogens is 2. The van der Waals surface area contributed by atoms with Crippen LogP contribution in [0.5, 0.6) is 11.5 Å². The molecule has 0 aromatic heterocycles. The van der Waals surface area contributed by atoms with Gasteiger partial charge in [0, 0.05) is 10.0 Å². The summed E-state index contributed by atoms with van der Waals surface area (Å²) in [7, 11) is 0. The van der Waals surface area contributed by atoms with Gasteiger partial charge in [0.25, 0.3) is 5.91 Å². The highest BCUT2D eigenvalue weighted by molar-refractivity contribution is 9.11. The lowest BCUT2D eigenvalue weighted by atomic mass is 10.1. The van der Waals surface area contributed by atoms with Gasteiger partial charge in [0.1, 0.15) is 5.75 Å². The molecule has 1 N–H and O–H groups in total. The van der Waals surface area contributed by atoms with Crippen LogP contribution in [-0.4, -0.2) is 24.7 Å². The molecule has 0 fully saturated rings. The quantitative estimate of drug-likeness (QED) is 0.177. The molecule has 164 valence electrons. The Balaban J connectivity index is 1.68. The Hall–Kier alpha value is -2.97. The number of rotatable bonds is 7. The zero-order valence-corrected chi connectivity index (χ0v) is 20.6. The van der Waals surface area contributed by atoms with Crippen molar-refractivity contribution < 1.29 is 19.1 Å². The van der Waals surface area contributed by atoms with Crippen molar-refractivity contribution in [3.8, 4) is 11.5 Å². The first kappa shape index (κ1) is 23.7. The predicted molar refractivity (Wildman–Crippen MR) is 130 cm³/mol. The van der Waals surface area contributed by atoms with Crippen molar-refractivity contribution in [1.82, 2.24) is 5.43 Å². The van der Waals surface area contributed by atoms with Crippen molar-refractivity contribution in [2.24, 2.45) is 5.10 Å². The second-order valence-corrected chi connectivity index (χ2v) is 8.63. The maximum Gasteiger partial charge on any atom is 0.343 e. The van der Waals surface area contributed by atoms with Gasteiger partial charge in [0.15, 0.2) is 12.4 Å². The number of hydrogen-bond donors (Lipinski definition) is 1. The molecule has 0 saturated carbocycles. The van der Waals surface area contributed by atoms with Gasteiger partial charge in [0.2, 0.25) is 0 Å². The number of nitrogens with one attached hydrogen (secondary N) is 1. The molecule has 0 heterocycles. The summed E-state index contributed by atoms with van der Waals surface area (Å²) in [6.07, 6.45) is 1.40. The fourth-order valence-corrected chi connectivity index (χ4v) is 4.22. The van der Waals surface area contributed by atoms with Crippen LogP contribution in [0.25, 0.3) is 0 Å². The van der Waals surface area contributed by atoms with Gasteiger partial charge in [-0.15, -0.1) is 0 Å². The largest absolute Gasteiger partial charge is 0.483 e. The molecule has 0 radical (unpaired) electrons. The first-order valence-corrected chi connectivity index (χ1v) is 11.2. The Morgan fingerprint density at radius 2 is 1.66 bits per heavy atom. The summed E-state index contributed by atoms with van der Waals surface area (Å²) < 4.78 is 12.5. The summed E-state index contributed by atoms with van der Waals surface area (Å²) in [5, 5.41) is 3.98. The fraction of sp³-hybridized carbons (Fsp3) is 0.125. The van der Waals surface area contributed by atoms with Gasteiger partial charge in [-0.2, -0.15) is 5.10 Å². The van der Waals surface area contributed by atoms with E-state index in [0.717, 1.165) is 15.6 Å². The zero-order chi connectivity index (χ0) is 23.1. The van der Waals surface area contributed by atoms with E-state index >= 15 is 0 Å². The molecule has 0 atom stereocenters. The molecule has 3 rings (SSSR count). The number of hydrazone groups is 1. The highest BCUT2D eigenvalue weighted by Gasteiger charge is 2.15. The summed E-state index contributed by atoms with van der Waals surface area (Å²) in [5.74, 6) is 0.0413. The third-order valence-corrected chi connectivity index (χ3v) is 5.44. The van der Waals surface area contributed by atoms with Crippen LogP contribution >= 0.6 is 31.9 Å². The lowest BCUT2D eigenvalue weighted by Crippen LogP contribution is -2.25. The van der Waals surface area contributed by atoms with Crippen LogP contribution in [0.15, 0.2) is 74.7 Å². The van der Waals surface area contributed by atoms with E-state index in [1.165, 1.54) is 6.21 Å². The van der Waals surface area contributed by atoms with E-state index in [9.17, 15) is 9.59 Å². The SMILES string of the molecule is Cc1cccc(C)c1OCC(=O)N/N=C\c1cc(Br)cc(Br)c1OC(=O)c1ccccc1. The molecule has 3 aromatic carbocycles. The molecule has 0 bridgehead atoms. The smallest absolute Gasteiger partial charge is 0.343 e. The maximum absolute atomic E-state index is 12.5. The third-order valence-electron chi connectivity index (χ3n) is 4.39. The van der Waals surface area contributed by atoms with Gasteiger partial charge < -0.3 is 9.47 Å². The van der Waals surface area contributed by atoms with E-state index < -0.39 is 11.9 Å². The van der Waals surface area contributed by atoms with E-state index in [-0.39, 0.29) is 12.4 Å². The summed E-state index contributed by atoms with van der Waals surface area (Å²) in [6.45, 7) is 3.66. The number of carbonyl (C=O) groups excluding carboxylic acids is 2. The number of amides is 1. The molecule has 0 aliphatic carbocycles. The standard InChI is InChI=1S/C24H20Br2N2O4/c1-15-7-6-8-16(2)22(15)31-14-21(29)28-27-13-18-11-19(25)12-20(26)23(18)32-24(30)17-9-4-3-5-10-17/h3-13H,14H2,1-2H3,(H,28,29)/b27-13-. The summed E-state index contributed by atoms with van der Waals surface area (Å²) in [4.78, 5) is 24.6. The van der Waals surface area contributed by atoms with E-state index in [4.69, 9.17) is 9.47 Å². The van der Waals surface area contributed by atoms with Crippen LogP contribution in [0.2, 0.25) is 0 Å². The highest BCUT2D eigenvalue weighted by atomic mass is 79.9. The van der Waals surface area contributed by atoms with Crippen LogP contribution < -0.4 is 14.9 Å². The van der Waals surface area contributed by atoms with Crippen molar-refractivity contribution in [2.75, 3.05) is 6.61 Å². The Labute approximate surface area is 202 Å². The molecular formula is C24H20Br2N2O4. The average Bonchev–Trinajstić information content (AvgIpc) is 2.76. The van der Waals surface area contributed by atoms with Crippen LogP contribution in [0, 0.1) is 13.8 Å². The van der Waals surface area contributed by atoms with Crippen molar-refractivity contribution in [1.29, 1.82) is 0 Å². The average molecular weight is 560 g/mol. The Kier molecular flexibility index (Phi) is 8.19. The Morgan fingerprint density at radius 1 is 0.969 bits per heavy atom. The van der Waals surface area contributed by atoms with Gasteiger partial charge in [-0.1, -0.05) is 52.3 Å². The van der Waals surface area contributed by atoms with Gasteiger partial charge in [-0.05, 0) is 65.2 Å². The maximum atomic E-state index is 12.5.